The van der Waals surface area contributed by atoms with Crippen molar-refractivity contribution in [3.05, 3.63) is 34.4 Å². The Labute approximate surface area is 112 Å². The van der Waals surface area contributed by atoms with Crippen molar-refractivity contribution in [3.63, 3.8) is 0 Å². The highest BCUT2D eigenvalue weighted by Crippen LogP contribution is 2.44. The van der Waals surface area contributed by atoms with E-state index in [4.69, 9.17) is 16.7 Å². The normalized spacial score (nSPS) is 19.1. The van der Waals surface area contributed by atoms with Crippen LogP contribution in [-0.4, -0.2) is 22.2 Å². The van der Waals surface area contributed by atoms with Gasteiger partial charge in [0.2, 0.25) is 0 Å². The lowest BCUT2D eigenvalue weighted by atomic mass is 10.0. The molecule has 1 aliphatic heterocycles. The Kier molecular flexibility index (Phi) is 3.38. The second-order valence-corrected chi connectivity index (χ2v) is 5.62. The molecule has 0 fully saturated rings. The van der Waals surface area contributed by atoms with Gasteiger partial charge >= 0.3 is 5.97 Å². The van der Waals surface area contributed by atoms with E-state index in [1.165, 1.54) is 6.08 Å². The number of benzene rings is 1. The van der Waals surface area contributed by atoms with Crippen LogP contribution in [0.2, 0.25) is 5.02 Å². The van der Waals surface area contributed by atoms with Gasteiger partial charge in [0.15, 0.2) is 0 Å². The van der Waals surface area contributed by atoms with Gasteiger partial charge in [0.25, 0.3) is 5.92 Å². The fraction of sp³-hybridized carbons (Fsp3) is 0.250. The summed E-state index contributed by atoms with van der Waals surface area (Å²) in [4.78, 5) is 11.7. The van der Waals surface area contributed by atoms with Crippen molar-refractivity contribution in [1.82, 2.24) is 0 Å². The number of hydrogen-bond donors (Lipinski definition) is 1. The van der Waals surface area contributed by atoms with Crippen LogP contribution in [-0.2, 0) is 4.79 Å². The van der Waals surface area contributed by atoms with Crippen molar-refractivity contribution in [1.29, 1.82) is 0 Å². The van der Waals surface area contributed by atoms with E-state index in [9.17, 15) is 13.6 Å². The molecule has 2 nitrogen and oxygen atoms in total. The standard InChI is InChI=1S/C12H9ClF2O2S/c1-12(14,15)10-8(11(16)17)5-6-4-7(13)2-3-9(6)18-10/h2-5,10H,1H3,(H,16,17). The van der Waals surface area contributed by atoms with Crippen LogP contribution in [0, 0.1) is 0 Å². The van der Waals surface area contributed by atoms with Crippen LogP contribution in [0.5, 0.6) is 0 Å². The predicted octanol–water partition coefficient (Wildman–Crippen LogP) is 3.94. The Morgan fingerprint density at radius 1 is 1.50 bits per heavy atom. The minimum absolute atomic E-state index is 0.303. The first kappa shape index (κ1) is 13.4. The van der Waals surface area contributed by atoms with Gasteiger partial charge in [-0.15, -0.1) is 11.8 Å². The summed E-state index contributed by atoms with van der Waals surface area (Å²) in [7, 11) is 0. The lowest BCUT2D eigenvalue weighted by molar-refractivity contribution is -0.133. The number of alkyl halides is 2. The molecule has 0 spiro atoms. The molecule has 1 aromatic rings. The third-order valence-corrected chi connectivity index (χ3v) is 4.28. The van der Waals surface area contributed by atoms with Crippen molar-refractivity contribution in [2.45, 2.75) is 23.0 Å². The Bertz CT molecular complexity index is 537. The maximum absolute atomic E-state index is 13.4. The summed E-state index contributed by atoms with van der Waals surface area (Å²) in [6, 6.07) is 4.78. The third kappa shape index (κ3) is 2.52. The summed E-state index contributed by atoms with van der Waals surface area (Å²) in [6.07, 6.45) is 1.27. The lowest BCUT2D eigenvalue weighted by Gasteiger charge is -2.27. The molecule has 0 bridgehead atoms. The van der Waals surface area contributed by atoms with Gasteiger partial charge < -0.3 is 5.11 Å². The first-order valence-electron chi connectivity index (χ1n) is 5.08. The molecule has 18 heavy (non-hydrogen) atoms. The molecule has 0 radical (unpaired) electrons. The highest BCUT2D eigenvalue weighted by atomic mass is 35.5. The van der Waals surface area contributed by atoms with Gasteiger partial charge in [0, 0.05) is 16.8 Å². The van der Waals surface area contributed by atoms with Gasteiger partial charge in [0.05, 0.1) is 5.57 Å². The molecule has 2 rings (SSSR count). The smallest absolute Gasteiger partial charge is 0.332 e. The Morgan fingerprint density at radius 3 is 2.72 bits per heavy atom. The molecule has 0 aromatic heterocycles. The van der Waals surface area contributed by atoms with Crippen molar-refractivity contribution >= 4 is 35.4 Å². The summed E-state index contributed by atoms with van der Waals surface area (Å²) in [5.74, 6) is -4.44. The van der Waals surface area contributed by atoms with Gasteiger partial charge in [-0.2, -0.15) is 0 Å². The van der Waals surface area contributed by atoms with Gasteiger partial charge in [-0.3, -0.25) is 0 Å². The number of halogens is 3. The maximum Gasteiger partial charge on any atom is 0.332 e. The number of thioether (sulfide) groups is 1. The number of carboxylic acids is 1. The highest BCUT2D eigenvalue weighted by Gasteiger charge is 2.42. The van der Waals surface area contributed by atoms with E-state index in [0.717, 1.165) is 18.7 Å². The van der Waals surface area contributed by atoms with E-state index < -0.39 is 17.1 Å². The summed E-state index contributed by atoms with van der Waals surface area (Å²) >= 11 is 6.65. The number of hydrogen-bond acceptors (Lipinski definition) is 2. The SMILES string of the molecule is CC(F)(F)C1Sc2ccc(Cl)cc2C=C1C(=O)O. The van der Waals surface area contributed by atoms with Crippen molar-refractivity contribution in [2.24, 2.45) is 0 Å². The van der Waals surface area contributed by atoms with Gasteiger partial charge in [-0.05, 0) is 29.8 Å². The van der Waals surface area contributed by atoms with Gasteiger partial charge in [-0.25, -0.2) is 13.6 Å². The molecule has 0 aliphatic carbocycles. The van der Waals surface area contributed by atoms with Crippen LogP contribution in [0.25, 0.3) is 6.08 Å². The Morgan fingerprint density at radius 2 is 2.17 bits per heavy atom. The van der Waals surface area contributed by atoms with Crippen LogP contribution < -0.4 is 0 Å². The first-order chi connectivity index (χ1) is 8.29. The molecule has 1 N–H and O–H groups in total. The zero-order valence-corrected chi connectivity index (χ0v) is 10.9. The fourth-order valence-electron chi connectivity index (χ4n) is 1.72. The molecule has 0 saturated heterocycles. The predicted molar refractivity (Wildman–Crippen MR) is 67.3 cm³/mol. The van der Waals surface area contributed by atoms with E-state index in [1.54, 1.807) is 18.2 Å². The van der Waals surface area contributed by atoms with Crippen LogP contribution >= 0.6 is 23.4 Å². The quantitative estimate of drug-likeness (QED) is 0.896. The summed E-state index contributed by atoms with van der Waals surface area (Å²) in [5.41, 5.74) is 0.257. The molecular weight excluding hydrogens is 282 g/mol. The number of carboxylic acid groups (broad SMARTS) is 1. The number of carbonyl (C=O) groups is 1. The van der Waals surface area contributed by atoms with E-state index >= 15 is 0 Å². The average Bonchev–Trinajstić information content (AvgIpc) is 2.25. The molecule has 6 heteroatoms. The molecule has 1 unspecified atom stereocenters. The van der Waals surface area contributed by atoms with Crippen LogP contribution in [0.3, 0.4) is 0 Å². The van der Waals surface area contributed by atoms with Crippen molar-refractivity contribution in [2.75, 3.05) is 0 Å². The van der Waals surface area contributed by atoms with Crippen LogP contribution in [0.1, 0.15) is 12.5 Å². The van der Waals surface area contributed by atoms with E-state index in [2.05, 4.69) is 0 Å². The molecule has 1 heterocycles. The first-order valence-corrected chi connectivity index (χ1v) is 6.33. The number of rotatable bonds is 2. The van der Waals surface area contributed by atoms with Crippen LogP contribution in [0.15, 0.2) is 28.7 Å². The summed E-state index contributed by atoms with van der Waals surface area (Å²) in [6.45, 7) is 0.725. The van der Waals surface area contributed by atoms with E-state index in [-0.39, 0.29) is 5.57 Å². The van der Waals surface area contributed by atoms with Crippen LogP contribution in [0.4, 0.5) is 8.78 Å². The Balaban J connectivity index is 2.53. The summed E-state index contributed by atoms with van der Waals surface area (Å²) < 4.78 is 26.9. The van der Waals surface area contributed by atoms with E-state index in [1.807, 2.05) is 0 Å². The maximum atomic E-state index is 13.4. The Hall–Kier alpha value is -1.07. The van der Waals surface area contributed by atoms with E-state index in [0.29, 0.717) is 15.5 Å². The second kappa shape index (κ2) is 4.55. The lowest BCUT2D eigenvalue weighted by Crippen LogP contribution is -2.33. The molecule has 1 aliphatic rings. The minimum Gasteiger partial charge on any atom is -0.478 e. The molecule has 0 saturated carbocycles. The number of fused-ring (bicyclic) bond motifs is 1. The van der Waals surface area contributed by atoms with Crippen molar-refractivity contribution in [3.8, 4) is 0 Å². The zero-order valence-electron chi connectivity index (χ0n) is 9.28. The molecule has 96 valence electrons. The molecule has 1 atom stereocenters. The third-order valence-electron chi connectivity index (χ3n) is 2.52. The van der Waals surface area contributed by atoms with Gasteiger partial charge in [0.1, 0.15) is 5.25 Å². The molecule has 1 aromatic carbocycles. The molecule has 0 amide bonds. The highest BCUT2D eigenvalue weighted by molar-refractivity contribution is 8.00. The van der Waals surface area contributed by atoms with Crippen molar-refractivity contribution < 1.29 is 18.7 Å². The minimum atomic E-state index is -3.10. The number of aliphatic carboxylic acids is 1. The zero-order chi connectivity index (χ0) is 13.5. The average molecular weight is 291 g/mol. The summed E-state index contributed by atoms with van der Waals surface area (Å²) in [5, 5.41) is 8.08. The van der Waals surface area contributed by atoms with Gasteiger partial charge in [-0.1, -0.05) is 11.6 Å². The largest absolute Gasteiger partial charge is 0.478 e. The topological polar surface area (TPSA) is 37.3 Å². The fourth-order valence-corrected chi connectivity index (χ4v) is 3.06. The second-order valence-electron chi connectivity index (χ2n) is 4.04. The molecular formula is C12H9ClF2O2S. The monoisotopic (exact) mass is 290 g/mol.